The summed E-state index contributed by atoms with van der Waals surface area (Å²) in [6.45, 7) is 2.68. The molecule has 1 unspecified atom stereocenters. The molecule has 0 N–H and O–H groups in total. The number of rotatable bonds is 7. The van der Waals surface area contributed by atoms with E-state index in [0.717, 1.165) is 5.69 Å². The van der Waals surface area contributed by atoms with Crippen molar-refractivity contribution in [2.24, 2.45) is 5.92 Å². The molecule has 0 amide bonds. The minimum Gasteiger partial charge on any atom is -0.384 e. The number of ether oxygens (including phenoxy) is 1. The van der Waals surface area contributed by atoms with Gasteiger partial charge >= 0.3 is 0 Å². The fourth-order valence-electron chi connectivity index (χ4n) is 3.03. The van der Waals surface area contributed by atoms with Gasteiger partial charge in [0.1, 0.15) is 5.78 Å². The summed E-state index contributed by atoms with van der Waals surface area (Å²) in [5.41, 5.74) is 0.908. The Bertz CT molecular complexity index is 422. The molecule has 1 aromatic heterocycles. The molecule has 0 aromatic carbocycles. The number of hydrogen-bond donors (Lipinski definition) is 0. The molecule has 0 bridgehead atoms. The van der Waals surface area contributed by atoms with Gasteiger partial charge in [0.25, 0.3) is 0 Å². The SMILES string of the molecule is COCC(C)CC(=O)Cc1ccn(C2CCCCC2)n1. The van der Waals surface area contributed by atoms with E-state index in [-0.39, 0.29) is 11.7 Å². The van der Waals surface area contributed by atoms with Crippen LogP contribution in [0.3, 0.4) is 0 Å². The van der Waals surface area contributed by atoms with Gasteiger partial charge in [-0.1, -0.05) is 26.2 Å². The second kappa shape index (κ2) is 7.58. The molecule has 1 aromatic rings. The van der Waals surface area contributed by atoms with Crippen LogP contribution in [0.1, 0.15) is 57.2 Å². The molecule has 0 spiro atoms. The number of carbonyl (C=O) groups is 1. The molecule has 0 aliphatic heterocycles. The molecule has 20 heavy (non-hydrogen) atoms. The molecule has 1 aliphatic rings. The first-order valence-corrected chi connectivity index (χ1v) is 7.73. The Kier molecular flexibility index (Phi) is 5.77. The molecule has 1 fully saturated rings. The number of Topliss-reactive ketones (excluding diaryl/α,β-unsaturated/α-hetero) is 1. The van der Waals surface area contributed by atoms with Gasteiger partial charge in [-0.3, -0.25) is 9.48 Å². The van der Waals surface area contributed by atoms with E-state index in [1.165, 1.54) is 32.1 Å². The molecule has 0 radical (unpaired) electrons. The van der Waals surface area contributed by atoms with Crippen molar-refractivity contribution in [2.75, 3.05) is 13.7 Å². The third-order valence-corrected chi connectivity index (χ3v) is 4.02. The van der Waals surface area contributed by atoms with Crippen LogP contribution < -0.4 is 0 Å². The van der Waals surface area contributed by atoms with Gasteiger partial charge in [0, 0.05) is 26.3 Å². The van der Waals surface area contributed by atoms with Crippen molar-refractivity contribution in [3.8, 4) is 0 Å². The quantitative estimate of drug-likeness (QED) is 0.769. The largest absolute Gasteiger partial charge is 0.384 e. The zero-order valence-electron chi connectivity index (χ0n) is 12.7. The Morgan fingerprint density at radius 1 is 1.45 bits per heavy atom. The molecular weight excluding hydrogens is 252 g/mol. The zero-order valence-corrected chi connectivity index (χ0v) is 12.7. The molecule has 1 saturated carbocycles. The number of methoxy groups -OCH3 is 1. The van der Waals surface area contributed by atoms with Crippen molar-refractivity contribution >= 4 is 5.78 Å². The van der Waals surface area contributed by atoms with Crippen molar-refractivity contribution in [3.63, 3.8) is 0 Å². The van der Waals surface area contributed by atoms with Gasteiger partial charge in [0.05, 0.1) is 18.2 Å². The van der Waals surface area contributed by atoms with Crippen molar-refractivity contribution < 1.29 is 9.53 Å². The zero-order chi connectivity index (χ0) is 14.4. The van der Waals surface area contributed by atoms with Crippen molar-refractivity contribution in [1.82, 2.24) is 9.78 Å². The van der Waals surface area contributed by atoms with E-state index in [1.807, 2.05) is 19.2 Å². The maximum atomic E-state index is 12.0. The first-order chi connectivity index (χ1) is 9.69. The lowest BCUT2D eigenvalue weighted by atomic mass is 9.96. The normalized spacial score (nSPS) is 18.1. The Morgan fingerprint density at radius 2 is 2.20 bits per heavy atom. The van der Waals surface area contributed by atoms with E-state index in [1.54, 1.807) is 7.11 Å². The van der Waals surface area contributed by atoms with E-state index in [0.29, 0.717) is 25.5 Å². The second-order valence-electron chi connectivity index (χ2n) is 6.06. The first-order valence-electron chi connectivity index (χ1n) is 7.73. The summed E-state index contributed by atoms with van der Waals surface area (Å²) in [6.07, 6.45) is 9.45. The van der Waals surface area contributed by atoms with Gasteiger partial charge in [-0.25, -0.2) is 0 Å². The molecule has 112 valence electrons. The van der Waals surface area contributed by atoms with Crippen LogP contribution in [0.25, 0.3) is 0 Å². The monoisotopic (exact) mass is 278 g/mol. The first kappa shape index (κ1) is 15.2. The van der Waals surface area contributed by atoms with E-state index in [4.69, 9.17) is 4.74 Å². The molecule has 2 rings (SSSR count). The van der Waals surface area contributed by atoms with Gasteiger partial charge in [0.2, 0.25) is 0 Å². The fraction of sp³-hybridized carbons (Fsp3) is 0.750. The van der Waals surface area contributed by atoms with Gasteiger partial charge in [-0.05, 0) is 24.8 Å². The van der Waals surface area contributed by atoms with E-state index >= 15 is 0 Å². The lowest BCUT2D eigenvalue weighted by molar-refractivity contribution is -0.119. The smallest absolute Gasteiger partial charge is 0.139 e. The Labute approximate surface area is 121 Å². The number of ketones is 1. The Hall–Kier alpha value is -1.16. The highest BCUT2D eigenvalue weighted by atomic mass is 16.5. The molecule has 4 heteroatoms. The lowest BCUT2D eigenvalue weighted by Gasteiger charge is -2.21. The number of nitrogens with zero attached hydrogens (tertiary/aromatic N) is 2. The van der Waals surface area contributed by atoms with Gasteiger partial charge < -0.3 is 4.74 Å². The summed E-state index contributed by atoms with van der Waals surface area (Å²) in [6, 6.07) is 2.54. The van der Waals surface area contributed by atoms with Crippen LogP contribution in [0.15, 0.2) is 12.3 Å². The summed E-state index contributed by atoms with van der Waals surface area (Å²) < 4.78 is 7.14. The summed E-state index contributed by atoms with van der Waals surface area (Å²) in [5.74, 6) is 0.538. The Morgan fingerprint density at radius 3 is 2.90 bits per heavy atom. The van der Waals surface area contributed by atoms with Gasteiger partial charge in [-0.15, -0.1) is 0 Å². The summed E-state index contributed by atoms with van der Waals surface area (Å²) in [5, 5.41) is 4.59. The minimum absolute atomic E-state index is 0.253. The fourth-order valence-corrected chi connectivity index (χ4v) is 3.03. The number of aromatic nitrogens is 2. The summed E-state index contributed by atoms with van der Waals surface area (Å²) in [4.78, 5) is 12.0. The third kappa shape index (κ3) is 4.44. The van der Waals surface area contributed by atoms with Crippen molar-refractivity contribution in [2.45, 2.75) is 57.9 Å². The van der Waals surface area contributed by atoms with Crippen LogP contribution in [0, 0.1) is 5.92 Å². The molecular formula is C16H26N2O2. The molecule has 4 nitrogen and oxygen atoms in total. The lowest BCUT2D eigenvalue weighted by Crippen LogP contribution is -2.15. The second-order valence-corrected chi connectivity index (χ2v) is 6.06. The van der Waals surface area contributed by atoms with E-state index in [2.05, 4.69) is 9.78 Å². The predicted molar refractivity (Wildman–Crippen MR) is 78.7 cm³/mol. The highest BCUT2D eigenvalue weighted by Crippen LogP contribution is 2.27. The highest BCUT2D eigenvalue weighted by Gasteiger charge is 2.17. The van der Waals surface area contributed by atoms with Crippen LogP contribution in [0.2, 0.25) is 0 Å². The van der Waals surface area contributed by atoms with Crippen LogP contribution in [-0.4, -0.2) is 29.3 Å². The maximum Gasteiger partial charge on any atom is 0.139 e. The Balaban J connectivity index is 1.84. The summed E-state index contributed by atoms with van der Waals surface area (Å²) in [7, 11) is 1.67. The molecule has 1 heterocycles. The molecule has 1 aliphatic carbocycles. The third-order valence-electron chi connectivity index (χ3n) is 4.02. The predicted octanol–water partition coefficient (Wildman–Crippen LogP) is 3.17. The van der Waals surface area contributed by atoms with Gasteiger partial charge in [0.15, 0.2) is 0 Å². The number of carbonyl (C=O) groups excluding carboxylic acids is 1. The van der Waals surface area contributed by atoms with Gasteiger partial charge in [-0.2, -0.15) is 5.10 Å². The van der Waals surface area contributed by atoms with Crippen LogP contribution in [0.5, 0.6) is 0 Å². The maximum absolute atomic E-state index is 12.0. The molecule has 0 saturated heterocycles. The van der Waals surface area contributed by atoms with E-state index in [9.17, 15) is 4.79 Å². The van der Waals surface area contributed by atoms with E-state index < -0.39 is 0 Å². The average Bonchev–Trinajstić information content (AvgIpc) is 2.88. The van der Waals surface area contributed by atoms with Crippen LogP contribution >= 0.6 is 0 Å². The topological polar surface area (TPSA) is 44.1 Å². The van der Waals surface area contributed by atoms with Crippen molar-refractivity contribution in [3.05, 3.63) is 18.0 Å². The van der Waals surface area contributed by atoms with Crippen molar-refractivity contribution in [1.29, 1.82) is 0 Å². The van der Waals surface area contributed by atoms with Crippen LogP contribution in [-0.2, 0) is 16.0 Å². The summed E-state index contributed by atoms with van der Waals surface area (Å²) >= 11 is 0. The van der Waals surface area contributed by atoms with Crippen LogP contribution in [0.4, 0.5) is 0 Å². The average molecular weight is 278 g/mol. The standard InChI is InChI=1S/C16H26N2O2/c1-13(12-20-2)10-16(19)11-14-8-9-18(17-14)15-6-4-3-5-7-15/h8-9,13,15H,3-7,10-12H2,1-2H3. The highest BCUT2D eigenvalue weighted by molar-refractivity contribution is 5.80. The number of hydrogen-bond acceptors (Lipinski definition) is 3. The molecule has 1 atom stereocenters. The minimum atomic E-state index is 0.253.